The minimum Gasteiger partial charge on any atom is -0.325 e. The molecular weight excluding hydrogens is 448 g/mol. The highest BCUT2D eigenvalue weighted by Gasteiger charge is 2.14. The molecule has 0 radical (unpaired) electrons. The molecule has 0 bridgehead atoms. The van der Waals surface area contributed by atoms with Gasteiger partial charge in [0.1, 0.15) is 4.83 Å². The van der Waals surface area contributed by atoms with Crippen molar-refractivity contribution in [3.05, 3.63) is 69.3 Å². The summed E-state index contributed by atoms with van der Waals surface area (Å²) in [5.41, 5.74) is 3.31. The van der Waals surface area contributed by atoms with Crippen LogP contribution in [-0.4, -0.2) is 26.6 Å². The number of nitrogens with zero attached hydrogens (tertiary/aromatic N) is 2. The Kier molecular flexibility index (Phi) is 5.31. The van der Waals surface area contributed by atoms with Crippen molar-refractivity contribution in [3.63, 3.8) is 0 Å². The number of amides is 1. The lowest BCUT2D eigenvalue weighted by Gasteiger charge is -2.05. The molecular formula is C22H16N4O2S3. The molecule has 0 aliphatic rings. The Balaban J connectivity index is 1.31. The lowest BCUT2D eigenvalue weighted by atomic mass is 10.1. The highest BCUT2D eigenvalue weighted by molar-refractivity contribution is 7.99. The van der Waals surface area contributed by atoms with Crippen molar-refractivity contribution in [2.45, 2.75) is 12.1 Å². The normalized spacial score (nSPS) is 11.3. The predicted molar refractivity (Wildman–Crippen MR) is 129 cm³/mol. The monoisotopic (exact) mass is 464 g/mol. The molecule has 31 heavy (non-hydrogen) atoms. The molecule has 5 rings (SSSR count). The van der Waals surface area contributed by atoms with E-state index in [0.717, 1.165) is 32.0 Å². The fraction of sp³-hybridized carbons (Fsp3) is 0.0909. The number of aromatic amines is 1. The number of thiazole rings is 1. The summed E-state index contributed by atoms with van der Waals surface area (Å²) in [7, 11) is 0. The molecule has 2 aromatic carbocycles. The first kappa shape index (κ1) is 19.9. The Morgan fingerprint density at radius 3 is 2.84 bits per heavy atom. The number of fused-ring (bicyclic) bond motifs is 2. The van der Waals surface area contributed by atoms with E-state index in [9.17, 15) is 9.59 Å². The Morgan fingerprint density at radius 1 is 1.16 bits per heavy atom. The minimum absolute atomic E-state index is 0.144. The lowest BCUT2D eigenvalue weighted by Crippen LogP contribution is -2.15. The van der Waals surface area contributed by atoms with E-state index in [1.54, 1.807) is 11.3 Å². The van der Waals surface area contributed by atoms with Crippen LogP contribution in [0.3, 0.4) is 0 Å². The van der Waals surface area contributed by atoms with Crippen molar-refractivity contribution in [2.24, 2.45) is 0 Å². The third-order valence-corrected chi connectivity index (χ3v) is 7.31. The number of rotatable bonds is 5. The molecule has 0 aliphatic heterocycles. The second-order valence-corrected chi connectivity index (χ2v) is 9.88. The van der Waals surface area contributed by atoms with Gasteiger partial charge in [0.25, 0.3) is 5.56 Å². The maximum atomic E-state index is 12.7. The van der Waals surface area contributed by atoms with Crippen LogP contribution in [0.15, 0.2) is 63.9 Å². The topological polar surface area (TPSA) is 87.7 Å². The summed E-state index contributed by atoms with van der Waals surface area (Å²) in [5.74, 6) is -0.0185. The molecule has 0 spiro atoms. The Bertz CT molecular complexity index is 1470. The largest absolute Gasteiger partial charge is 0.325 e. The van der Waals surface area contributed by atoms with E-state index >= 15 is 0 Å². The van der Waals surface area contributed by atoms with Gasteiger partial charge in [0.05, 0.1) is 26.4 Å². The number of hydrogen-bond donors (Lipinski definition) is 2. The van der Waals surface area contributed by atoms with Crippen molar-refractivity contribution < 1.29 is 4.79 Å². The number of benzene rings is 2. The Hall–Kier alpha value is -3.01. The maximum absolute atomic E-state index is 12.7. The molecule has 0 fully saturated rings. The van der Waals surface area contributed by atoms with E-state index in [2.05, 4.69) is 20.3 Å². The Labute approximate surface area is 189 Å². The van der Waals surface area contributed by atoms with E-state index < -0.39 is 0 Å². The summed E-state index contributed by atoms with van der Waals surface area (Å²) < 4.78 is 1.03. The third-order valence-electron chi connectivity index (χ3n) is 4.63. The fourth-order valence-electron chi connectivity index (χ4n) is 3.28. The molecule has 2 N–H and O–H groups in total. The number of nitrogens with one attached hydrogen (secondary N) is 2. The molecule has 0 atom stereocenters. The number of anilines is 1. The molecule has 3 aromatic heterocycles. The van der Waals surface area contributed by atoms with Crippen molar-refractivity contribution in [1.82, 2.24) is 15.0 Å². The van der Waals surface area contributed by atoms with Gasteiger partial charge in [0, 0.05) is 16.6 Å². The van der Waals surface area contributed by atoms with Gasteiger partial charge in [0.15, 0.2) is 5.16 Å². The standard InChI is InChI=1S/C22H16N4O2S3/c1-12-23-16-8-7-14(9-17(16)31-12)24-18(27)11-30-22-25-20(28)19-15(10-29-21(19)26-22)13-5-3-2-4-6-13/h2-10H,11H2,1H3,(H,24,27)(H,25,26,28). The van der Waals surface area contributed by atoms with Crippen molar-refractivity contribution in [1.29, 1.82) is 0 Å². The smallest absolute Gasteiger partial charge is 0.260 e. The van der Waals surface area contributed by atoms with E-state index in [1.165, 1.54) is 23.1 Å². The molecule has 6 nitrogen and oxygen atoms in total. The average molecular weight is 465 g/mol. The van der Waals surface area contributed by atoms with Crippen LogP contribution in [0.4, 0.5) is 5.69 Å². The average Bonchev–Trinajstić information content (AvgIpc) is 3.35. The summed E-state index contributed by atoms with van der Waals surface area (Å²) in [5, 5.41) is 6.84. The van der Waals surface area contributed by atoms with E-state index in [0.29, 0.717) is 15.4 Å². The molecule has 0 unspecified atom stereocenters. The highest BCUT2D eigenvalue weighted by atomic mass is 32.2. The zero-order valence-corrected chi connectivity index (χ0v) is 18.8. The zero-order valence-electron chi connectivity index (χ0n) is 16.3. The van der Waals surface area contributed by atoms with Gasteiger partial charge in [-0.2, -0.15) is 0 Å². The first-order chi connectivity index (χ1) is 15.1. The van der Waals surface area contributed by atoms with Crippen LogP contribution < -0.4 is 10.9 Å². The van der Waals surface area contributed by atoms with Crippen molar-refractivity contribution in [3.8, 4) is 11.1 Å². The number of carbonyl (C=O) groups is 1. The first-order valence-corrected chi connectivity index (χ1v) is 12.1. The van der Waals surface area contributed by atoms with Crippen molar-refractivity contribution >= 4 is 66.5 Å². The molecule has 5 aromatic rings. The van der Waals surface area contributed by atoms with Crippen LogP contribution in [-0.2, 0) is 4.79 Å². The van der Waals surface area contributed by atoms with Crippen LogP contribution in [0.1, 0.15) is 5.01 Å². The van der Waals surface area contributed by atoms with Crippen LogP contribution >= 0.6 is 34.4 Å². The third kappa shape index (κ3) is 4.12. The quantitative estimate of drug-likeness (QED) is 0.272. The fourth-order valence-corrected chi connectivity index (χ4v) is 5.81. The molecule has 9 heteroatoms. The molecule has 3 heterocycles. The van der Waals surface area contributed by atoms with Gasteiger partial charge in [-0.05, 0) is 30.7 Å². The SMILES string of the molecule is Cc1nc2ccc(NC(=O)CSc3nc4scc(-c5ccccc5)c4c(=O)[nH]3)cc2s1. The summed E-state index contributed by atoms with van der Waals surface area (Å²) in [6, 6.07) is 15.4. The van der Waals surface area contributed by atoms with Crippen molar-refractivity contribution in [2.75, 3.05) is 11.1 Å². The molecule has 154 valence electrons. The second kappa shape index (κ2) is 8.26. The summed E-state index contributed by atoms with van der Waals surface area (Å²) in [4.78, 5) is 37.6. The lowest BCUT2D eigenvalue weighted by molar-refractivity contribution is -0.113. The zero-order chi connectivity index (χ0) is 21.4. The Morgan fingerprint density at radius 2 is 2.00 bits per heavy atom. The summed E-state index contributed by atoms with van der Waals surface area (Å²) in [6.07, 6.45) is 0. The number of H-pyrrole nitrogens is 1. The number of aromatic nitrogens is 3. The van der Waals surface area contributed by atoms with Crippen LogP contribution in [0.25, 0.3) is 31.6 Å². The van der Waals surface area contributed by atoms with Gasteiger partial charge in [0.2, 0.25) is 5.91 Å². The molecule has 0 aliphatic carbocycles. The number of aryl methyl sites for hydroxylation is 1. The number of thiophene rings is 1. The number of carbonyl (C=O) groups excluding carboxylic acids is 1. The predicted octanol–water partition coefficient (Wildman–Crippen LogP) is 5.30. The summed E-state index contributed by atoms with van der Waals surface area (Å²) >= 11 is 4.23. The van der Waals surface area contributed by atoms with E-state index in [1.807, 2.05) is 60.8 Å². The molecule has 0 saturated heterocycles. The van der Waals surface area contributed by atoms with Gasteiger partial charge in [-0.3, -0.25) is 9.59 Å². The van der Waals surface area contributed by atoms with Crippen LogP contribution in [0, 0.1) is 6.92 Å². The van der Waals surface area contributed by atoms with Gasteiger partial charge in [-0.25, -0.2) is 9.97 Å². The number of thioether (sulfide) groups is 1. The first-order valence-electron chi connectivity index (χ1n) is 9.43. The molecule has 0 saturated carbocycles. The minimum atomic E-state index is -0.195. The highest BCUT2D eigenvalue weighted by Crippen LogP contribution is 2.31. The van der Waals surface area contributed by atoms with Crippen LogP contribution in [0.5, 0.6) is 0 Å². The number of hydrogen-bond acceptors (Lipinski definition) is 7. The maximum Gasteiger partial charge on any atom is 0.260 e. The molecule has 1 amide bonds. The van der Waals surface area contributed by atoms with Gasteiger partial charge < -0.3 is 10.3 Å². The van der Waals surface area contributed by atoms with Gasteiger partial charge in [-0.15, -0.1) is 22.7 Å². The van der Waals surface area contributed by atoms with Crippen LogP contribution in [0.2, 0.25) is 0 Å². The van der Waals surface area contributed by atoms with Gasteiger partial charge >= 0.3 is 0 Å². The van der Waals surface area contributed by atoms with E-state index in [4.69, 9.17) is 0 Å². The second-order valence-electron chi connectivity index (χ2n) is 6.82. The van der Waals surface area contributed by atoms with Gasteiger partial charge in [-0.1, -0.05) is 42.1 Å². The van der Waals surface area contributed by atoms with E-state index in [-0.39, 0.29) is 17.2 Å². The summed E-state index contributed by atoms with van der Waals surface area (Å²) in [6.45, 7) is 1.96.